The summed E-state index contributed by atoms with van der Waals surface area (Å²) in [6.07, 6.45) is -2.83. The molecule has 0 aliphatic carbocycles. The number of nitrogens with one attached hydrogen (secondary N) is 2. The van der Waals surface area contributed by atoms with Crippen LogP contribution in [0, 0.1) is 28.6 Å². The van der Waals surface area contributed by atoms with E-state index >= 15 is 0 Å². The molecule has 2 N–H and O–H groups in total. The molecule has 0 bridgehead atoms. The zero-order chi connectivity index (χ0) is 33.5. The quantitative estimate of drug-likeness (QED) is 0.251. The second-order valence-electron chi connectivity index (χ2n) is 10.3. The van der Waals surface area contributed by atoms with Gasteiger partial charge >= 0.3 is 18.2 Å². The van der Waals surface area contributed by atoms with Crippen molar-refractivity contribution in [3.05, 3.63) is 76.0 Å². The number of alkyl halides is 3. The Morgan fingerprint density at radius 1 is 1.20 bits per heavy atom. The molecular formula is C31H33F3N6O4S. The molecule has 0 fully saturated rings. The van der Waals surface area contributed by atoms with Crippen LogP contribution in [-0.2, 0) is 26.5 Å². The summed E-state index contributed by atoms with van der Waals surface area (Å²) in [5.41, 5.74) is -0.330. The molecule has 0 radical (unpaired) electrons. The molecule has 0 aromatic heterocycles. The van der Waals surface area contributed by atoms with E-state index in [1.54, 1.807) is 0 Å². The fraction of sp³-hybridized carbons (Fsp3) is 0.355. The number of halogens is 3. The first kappa shape index (κ1) is 34.8. The number of hydrogen-bond donors (Lipinski definition) is 2. The van der Waals surface area contributed by atoms with Crippen molar-refractivity contribution < 1.29 is 31.7 Å². The Morgan fingerprint density at radius 3 is 2.51 bits per heavy atom. The Labute approximate surface area is 262 Å². The van der Waals surface area contributed by atoms with E-state index in [2.05, 4.69) is 17.2 Å². The molecule has 0 saturated heterocycles. The number of ether oxygens (including phenoxy) is 1. The Kier molecular flexibility index (Phi) is 11.5. The minimum atomic E-state index is -4.70. The largest absolute Gasteiger partial charge is 0.466 e. The predicted molar refractivity (Wildman–Crippen MR) is 164 cm³/mol. The smallest absolute Gasteiger partial charge is 0.416 e. The third-order valence-electron chi connectivity index (χ3n) is 6.73. The summed E-state index contributed by atoms with van der Waals surface area (Å²) in [6, 6.07) is 8.57. The van der Waals surface area contributed by atoms with Crippen LogP contribution in [0.3, 0.4) is 0 Å². The molecule has 2 aromatic carbocycles. The van der Waals surface area contributed by atoms with Crippen LogP contribution < -0.4 is 10.2 Å². The highest BCUT2D eigenvalue weighted by molar-refractivity contribution is 7.84. The molecule has 10 nitrogen and oxygen atoms in total. The van der Waals surface area contributed by atoms with Crippen LogP contribution in [0.15, 0.2) is 53.7 Å². The molecule has 238 valence electrons. The molecule has 45 heavy (non-hydrogen) atoms. The van der Waals surface area contributed by atoms with Crippen molar-refractivity contribution in [1.29, 1.82) is 10.7 Å². The lowest BCUT2D eigenvalue weighted by molar-refractivity contribution is -0.138. The average molecular weight is 643 g/mol. The van der Waals surface area contributed by atoms with Gasteiger partial charge in [-0.2, -0.15) is 18.4 Å². The van der Waals surface area contributed by atoms with Crippen molar-refractivity contribution >= 4 is 34.4 Å². The number of nitriles is 1. The fourth-order valence-corrected chi connectivity index (χ4v) is 5.22. The van der Waals surface area contributed by atoms with Gasteiger partial charge in [0.2, 0.25) is 5.96 Å². The summed E-state index contributed by atoms with van der Waals surface area (Å²) in [5.74, 6) is 4.84. The van der Waals surface area contributed by atoms with E-state index in [1.165, 1.54) is 37.4 Å². The number of carbonyl (C=O) groups is 2. The Balaban J connectivity index is 2.33. The maximum atomic E-state index is 13.9. The molecule has 2 unspecified atom stereocenters. The number of carbonyl (C=O) groups excluding carboxylic acids is 2. The number of amides is 2. The van der Waals surface area contributed by atoms with Crippen molar-refractivity contribution in [3.8, 4) is 17.9 Å². The summed E-state index contributed by atoms with van der Waals surface area (Å²) in [4.78, 5) is 31.2. The van der Waals surface area contributed by atoms with E-state index in [1.807, 2.05) is 25.1 Å². The molecule has 14 heteroatoms. The van der Waals surface area contributed by atoms with E-state index in [9.17, 15) is 32.2 Å². The third kappa shape index (κ3) is 8.29. The van der Waals surface area contributed by atoms with Crippen LogP contribution in [0.25, 0.3) is 0 Å². The van der Waals surface area contributed by atoms with Gasteiger partial charge in [-0.15, -0.1) is 0 Å². The first-order valence-corrected chi connectivity index (χ1v) is 15.3. The summed E-state index contributed by atoms with van der Waals surface area (Å²) in [6.45, 7) is 1.86. The molecule has 1 heterocycles. The van der Waals surface area contributed by atoms with Gasteiger partial charge in [0, 0.05) is 46.3 Å². The van der Waals surface area contributed by atoms with Gasteiger partial charge in [0.1, 0.15) is 6.04 Å². The highest BCUT2D eigenvalue weighted by atomic mass is 32.2. The average Bonchev–Trinajstić information content (AvgIpc) is 2.98. The Morgan fingerprint density at radius 2 is 1.91 bits per heavy atom. The minimum absolute atomic E-state index is 0.0539. The number of esters is 1. The fourth-order valence-electron chi connectivity index (χ4n) is 4.67. The number of benzene rings is 2. The number of urea groups is 1. The lowest BCUT2D eigenvalue weighted by atomic mass is 9.89. The number of rotatable bonds is 8. The Hall–Kier alpha value is -4.66. The minimum Gasteiger partial charge on any atom is -0.466 e. The van der Waals surface area contributed by atoms with Crippen LogP contribution >= 0.6 is 0 Å². The van der Waals surface area contributed by atoms with Gasteiger partial charge in [0.05, 0.1) is 36.4 Å². The van der Waals surface area contributed by atoms with Gasteiger partial charge in [-0.3, -0.25) is 24.3 Å². The molecule has 2 aromatic rings. The number of hydrogen-bond acceptors (Lipinski definition) is 7. The molecular weight excluding hydrogens is 609 g/mol. The number of anilines is 1. The van der Waals surface area contributed by atoms with Crippen molar-refractivity contribution in [2.24, 2.45) is 0 Å². The maximum absolute atomic E-state index is 13.9. The van der Waals surface area contributed by atoms with E-state index in [-0.39, 0.29) is 29.1 Å². The number of nitrogens with zero attached hydrogens (tertiary/aromatic N) is 4. The van der Waals surface area contributed by atoms with E-state index in [4.69, 9.17) is 10.1 Å². The number of methoxy groups -OCH3 is 1. The van der Waals surface area contributed by atoms with Gasteiger partial charge in [0.25, 0.3) is 0 Å². The van der Waals surface area contributed by atoms with Gasteiger partial charge < -0.3 is 10.1 Å². The topological polar surface area (TPSA) is 130 Å². The molecule has 1 aliphatic heterocycles. The molecule has 0 saturated carbocycles. The van der Waals surface area contributed by atoms with Gasteiger partial charge in [-0.25, -0.2) is 9.59 Å². The van der Waals surface area contributed by atoms with Crippen molar-refractivity contribution in [3.63, 3.8) is 0 Å². The van der Waals surface area contributed by atoms with Crippen LogP contribution in [0.5, 0.6) is 0 Å². The second-order valence-corrected chi connectivity index (χ2v) is 11.8. The molecule has 1 aliphatic rings. The molecule has 3 rings (SSSR count). The molecule has 0 spiro atoms. The molecule has 2 atom stereocenters. The zero-order valence-electron chi connectivity index (χ0n) is 25.4. The lowest BCUT2D eigenvalue weighted by Crippen LogP contribution is -2.56. The van der Waals surface area contributed by atoms with Crippen LogP contribution in [-0.4, -0.2) is 78.3 Å². The first-order chi connectivity index (χ1) is 21.2. The van der Waals surface area contributed by atoms with Gasteiger partial charge in [-0.05, 0) is 63.3 Å². The first-order valence-electron chi connectivity index (χ1n) is 13.6. The third-order valence-corrected chi connectivity index (χ3v) is 7.60. The summed E-state index contributed by atoms with van der Waals surface area (Å²) in [5, 5.41) is 21.4. The SMILES string of the molecule is COC(=O)C1=C(C)N(c2cccc(C(F)(F)F)c2)C(=N)N(C(=O)NCCCS(C)=O)C1c1ccc(C#N)cc1C#CCN(C)C. The van der Waals surface area contributed by atoms with Crippen molar-refractivity contribution in [1.82, 2.24) is 15.1 Å². The van der Waals surface area contributed by atoms with Gasteiger partial charge in [-0.1, -0.05) is 24.0 Å². The van der Waals surface area contributed by atoms with Gasteiger partial charge in [0.15, 0.2) is 0 Å². The molecule has 2 amide bonds. The second kappa shape index (κ2) is 14.9. The van der Waals surface area contributed by atoms with E-state index in [0.717, 1.165) is 35.1 Å². The van der Waals surface area contributed by atoms with Crippen LogP contribution in [0.4, 0.5) is 23.7 Å². The summed E-state index contributed by atoms with van der Waals surface area (Å²) < 4.78 is 57.7. The van der Waals surface area contributed by atoms with E-state index in [0.29, 0.717) is 29.8 Å². The van der Waals surface area contributed by atoms with E-state index < -0.39 is 46.5 Å². The Bertz CT molecular complexity index is 1640. The summed E-state index contributed by atoms with van der Waals surface area (Å²) >= 11 is 0. The summed E-state index contributed by atoms with van der Waals surface area (Å²) in [7, 11) is 3.63. The number of allylic oxidation sites excluding steroid dienone is 1. The predicted octanol–water partition coefficient (Wildman–Crippen LogP) is 4.21. The highest BCUT2D eigenvalue weighted by Gasteiger charge is 2.45. The standard InChI is InChI=1S/C31H33F3N6O4S/c1-20-26(28(41)44-4)27(25-13-12-21(19-35)17-22(25)9-7-15-38(2)3)40(30(42)37-14-8-16-45(5)43)29(36)39(20)24-11-6-10-23(18-24)31(32,33)34/h6,10-13,17-18,27,36H,8,14-16H2,1-5H3,(H,37,42). The maximum Gasteiger partial charge on any atom is 0.416 e. The monoisotopic (exact) mass is 642 g/mol. The van der Waals surface area contributed by atoms with Crippen LogP contribution in [0.1, 0.15) is 41.6 Å². The normalized spacial score (nSPS) is 15.7. The lowest BCUT2D eigenvalue weighted by Gasteiger charge is -2.43. The zero-order valence-corrected chi connectivity index (χ0v) is 26.2. The highest BCUT2D eigenvalue weighted by Crippen LogP contribution is 2.42. The van der Waals surface area contributed by atoms with Crippen molar-refractivity contribution in [2.45, 2.75) is 25.6 Å². The number of guanidine groups is 1. The van der Waals surface area contributed by atoms with Crippen LogP contribution in [0.2, 0.25) is 0 Å². The van der Waals surface area contributed by atoms with Crippen molar-refractivity contribution in [2.75, 3.05) is 51.2 Å².